The second kappa shape index (κ2) is 5.27. The highest BCUT2D eigenvalue weighted by Crippen LogP contribution is 2.17. The lowest BCUT2D eigenvalue weighted by atomic mass is 10.2. The Hall–Kier alpha value is -2.09. The van der Waals surface area contributed by atoms with Crippen molar-refractivity contribution in [3.63, 3.8) is 0 Å². The van der Waals surface area contributed by atoms with Gasteiger partial charge in [0.2, 0.25) is 0 Å². The van der Waals surface area contributed by atoms with Crippen LogP contribution >= 0.6 is 11.6 Å². The molecule has 0 unspecified atom stereocenters. The fourth-order valence-corrected chi connectivity index (χ4v) is 1.49. The molecule has 1 N–H and O–H groups in total. The van der Waals surface area contributed by atoms with E-state index < -0.39 is 5.91 Å². The van der Waals surface area contributed by atoms with Crippen molar-refractivity contribution < 1.29 is 4.79 Å². The molecule has 0 fully saturated rings. The third-order valence-corrected chi connectivity index (χ3v) is 2.50. The van der Waals surface area contributed by atoms with Crippen LogP contribution in [-0.2, 0) is 7.05 Å². The predicted octanol–water partition coefficient (Wildman–Crippen LogP) is 1.03. The second-order valence-corrected chi connectivity index (χ2v) is 4.54. The molecule has 8 nitrogen and oxygen atoms in total. The highest BCUT2D eigenvalue weighted by atomic mass is 35.5. The smallest absolute Gasteiger partial charge is 0.278 e. The molecule has 0 saturated carbocycles. The lowest BCUT2D eigenvalue weighted by molar-refractivity contribution is 0.102. The fraction of sp³-hybridized carbons (Fsp3) is 0.400. The minimum absolute atomic E-state index is 0.0906. The van der Waals surface area contributed by atoms with Crippen LogP contribution in [0.3, 0.4) is 0 Å². The summed E-state index contributed by atoms with van der Waals surface area (Å²) in [6.07, 6.45) is 1.41. The van der Waals surface area contributed by atoms with Crippen molar-refractivity contribution in [3.05, 3.63) is 22.7 Å². The van der Waals surface area contributed by atoms with E-state index in [1.807, 2.05) is 13.8 Å². The van der Waals surface area contributed by atoms with Crippen molar-refractivity contribution in [2.45, 2.75) is 19.8 Å². The monoisotopic (exact) mass is 281 g/mol. The summed E-state index contributed by atoms with van der Waals surface area (Å²) in [6, 6.07) is 0. The van der Waals surface area contributed by atoms with Crippen molar-refractivity contribution in [1.82, 2.24) is 30.2 Å². The first-order valence-corrected chi connectivity index (χ1v) is 5.93. The number of anilines is 1. The summed E-state index contributed by atoms with van der Waals surface area (Å²) in [7, 11) is 1.59. The van der Waals surface area contributed by atoms with Gasteiger partial charge in [0.25, 0.3) is 11.9 Å². The Kier molecular flexibility index (Phi) is 3.70. The fourth-order valence-electron chi connectivity index (χ4n) is 1.31. The van der Waals surface area contributed by atoms with E-state index in [1.165, 1.54) is 11.0 Å². The summed E-state index contributed by atoms with van der Waals surface area (Å²) < 4.78 is 0. The van der Waals surface area contributed by atoms with Gasteiger partial charge in [-0.05, 0) is 5.21 Å². The Morgan fingerprint density at radius 2 is 2.21 bits per heavy atom. The van der Waals surface area contributed by atoms with Crippen LogP contribution < -0.4 is 5.32 Å². The first-order valence-electron chi connectivity index (χ1n) is 5.55. The number of aryl methyl sites for hydroxylation is 1. The number of hydrogen-bond donors (Lipinski definition) is 1. The highest BCUT2D eigenvalue weighted by Gasteiger charge is 2.17. The maximum absolute atomic E-state index is 12.0. The number of rotatable bonds is 3. The highest BCUT2D eigenvalue weighted by molar-refractivity contribution is 6.33. The average Bonchev–Trinajstić information content (AvgIpc) is 2.74. The van der Waals surface area contributed by atoms with Gasteiger partial charge in [0.1, 0.15) is 5.82 Å². The number of nitrogens with zero attached hydrogens (tertiary/aromatic N) is 6. The molecular weight excluding hydrogens is 270 g/mol. The number of tetrazole rings is 1. The van der Waals surface area contributed by atoms with E-state index in [0.717, 1.165) is 0 Å². The van der Waals surface area contributed by atoms with Crippen LogP contribution in [0.15, 0.2) is 6.20 Å². The van der Waals surface area contributed by atoms with E-state index in [-0.39, 0.29) is 22.6 Å². The first kappa shape index (κ1) is 13.3. The standard InChI is InChI=1S/C10H12ClN7O/c1-5(2)8-12-4-6(11)7(13-8)9(19)14-10-15-17-18(3)16-10/h4-5H,1-3H3,(H,14,16,19). The number of amides is 1. The molecule has 9 heteroatoms. The molecule has 0 spiro atoms. The van der Waals surface area contributed by atoms with Gasteiger partial charge in [0.05, 0.1) is 18.3 Å². The van der Waals surface area contributed by atoms with Gasteiger partial charge < -0.3 is 0 Å². The van der Waals surface area contributed by atoms with Gasteiger partial charge in [-0.2, -0.15) is 4.80 Å². The van der Waals surface area contributed by atoms with E-state index in [4.69, 9.17) is 11.6 Å². The van der Waals surface area contributed by atoms with Crippen molar-refractivity contribution in [3.8, 4) is 0 Å². The van der Waals surface area contributed by atoms with Gasteiger partial charge in [-0.1, -0.05) is 30.5 Å². The minimum Gasteiger partial charge on any atom is -0.286 e. The second-order valence-electron chi connectivity index (χ2n) is 4.14. The number of aromatic nitrogens is 6. The summed E-state index contributed by atoms with van der Waals surface area (Å²) in [5.74, 6) is 0.232. The quantitative estimate of drug-likeness (QED) is 0.902. The molecule has 0 aliphatic carbocycles. The van der Waals surface area contributed by atoms with Crippen LogP contribution in [-0.4, -0.2) is 36.1 Å². The molecule has 0 radical (unpaired) electrons. The Morgan fingerprint density at radius 3 is 2.79 bits per heavy atom. The molecule has 1 amide bonds. The summed E-state index contributed by atoms with van der Waals surface area (Å²) in [6.45, 7) is 3.85. The number of nitrogens with one attached hydrogen (secondary N) is 1. The molecule has 0 aliphatic rings. The summed E-state index contributed by atoms with van der Waals surface area (Å²) in [4.78, 5) is 21.4. The van der Waals surface area contributed by atoms with Gasteiger partial charge in [0, 0.05) is 5.92 Å². The SMILES string of the molecule is CC(C)c1ncc(Cl)c(C(=O)Nc2nnn(C)n2)n1. The Morgan fingerprint density at radius 1 is 1.47 bits per heavy atom. The normalized spacial score (nSPS) is 10.8. The van der Waals surface area contributed by atoms with Gasteiger partial charge in [0.15, 0.2) is 5.69 Å². The van der Waals surface area contributed by atoms with Crippen LogP contribution in [0.4, 0.5) is 5.95 Å². The Labute approximate surface area is 114 Å². The zero-order valence-corrected chi connectivity index (χ0v) is 11.4. The molecule has 2 rings (SSSR count). The molecule has 0 atom stereocenters. The third-order valence-electron chi connectivity index (χ3n) is 2.23. The maximum atomic E-state index is 12.0. The van der Waals surface area contributed by atoms with Gasteiger partial charge in [-0.15, -0.1) is 5.10 Å². The van der Waals surface area contributed by atoms with Crippen LogP contribution in [0.2, 0.25) is 5.02 Å². The topological polar surface area (TPSA) is 98.5 Å². The summed E-state index contributed by atoms with van der Waals surface area (Å²) >= 11 is 5.92. The molecule has 0 aromatic carbocycles. The molecular formula is C10H12ClN7O. The predicted molar refractivity (Wildman–Crippen MR) is 67.9 cm³/mol. The average molecular weight is 282 g/mol. The summed E-state index contributed by atoms with van der Waals surface area (Å²) in [5.41, 5.74) is 0.0906. The van der Waals surface area contributed by atoms with Gasteiger partial charge in [-0.25, -0.2) is 9.97 Å². The van der Waals surface area contributed by atoms with Crippen LogP contribution in [0.1, 0.15) is 36.1 Å². The van der Waals surface area contributed by atoms with E-state index in [9.17, 15) is 4.79 Å². The molecule has 2 aromatic heterocycles. The Bertz CT molecular complexity index is 610. The van der Waals surface area contributed by atoms with Gasteiger partial charge in [-0.3, -0.25) is 10.1 Å². The summed E-state index contributed by atoms with van der Waals surface area (Å²) in [5, 5.41) is 13.7. The zero-order valence-electron chi connectivity index (χ0n) is 10.6. The van der Waals surface area contributed by atoms with E-state index in [1.54, 1.807) is 7.05 Å². The van der Waals surface area contributed by atoms with Crippen molar-refractivity contribution in [2.75, 3.05) is 5.32 Å². The van der Waals surface area contributed by atoms with E-state index in [2.05, 4.69) is 30.7 Å². The van der Waals surface area contributed by atoms with Crippen molar-refractivity contribution in [2.24, 2.45) is 7.05 Å². The number of carbonyl (C=O) groups is 1. The molecule has 19 heavy (non-hydrogen) atoms. The lowest BCUT2D eigenvalue weighted by Gasteiger charge is -2.07. The van der Waals surface area contributed by atoms with Crippen LogP contribution in [0, 0.1) is 0 Å². The largest absolute Gasteiger partial charge is 0.286 e. The van der Waals surface area contributed by atoms with Gasteiger partial charge >= 0.3 is 0 Å². The minimum atomic E-state index is -0.498. The molecule has 0 aliphatic heterocycles. The Balaban J connectivity index is 2.25. The molecule has 0 saturated heterocycles. The van der Waals surface area contributed by atoms with E-state index >= 15 is 0 Å². The molecule has 2 aromatic rings. The van der Waals surface area contributed by atoms with Crippen LogP contribution in [0.5, 0.6) is 0 Å². The zero-order chi connectivity index (χ0) is 14.0. The third kappa shape index (κ3) is 3.02. The van der Waals surface area contributed by atoms with Crippen molar-refractivity contribution >= 4 is 23.5 Å². The molecule has 0 bridgehead atoms. The van der Waals surface area contributed by atoms with Crippen LogP contribution in [0.25, 0.3) is 0 Å². The first-order chi connectivity index (χ1) is 8.97. The number of carbonyl (C=O) groups excluding carboxylic acids is 1. The lowest BCUT2D eigenvalue weighted by Crippen LogP contribution is -2.17. The van der Waals surface area contributed by atoms with Crippen molar-refractivity contribution in [1.29, 1.82) is 0 Å². The number of halogens is 1. The van der Waals surface area contributed by atoms with E-state index in [0.29, 0.717) is 5.82 Å². The molecule has 100 valence electrons. The maximum Gasteiger partial charge on any atom is 0.278 e. The molecule has 2 heterocycles. The number of hydrogen-bond acceptors (Lipinski definition) is 6.